The minimum Gasteiger partial charge on any atom is -0.342 e. The first-order valence-electron chi connectivity index (χ1n) is 9.33. The van der Waals surface area contributed by atoms with Gasteiger partial charge in [-0.1, -0.05) is 15.9 Å². The summed E-state index contributed by atoms with van der Waals surface area (Å²) in [6.07, 6.45) is 3.56. The summed E-state index contributed by atoms with van der Waals surface area (Å²) in [6.45, 7) is 1.82. The lowest BCUT2D eigenvalue weighted by atomic mass is 10.1. The highest BCUT2D eigenvalue weighted by atomic mass is 79.9. The summed E-state index contributed by atoms with van der Waals surface area (Å²) in [5.74, 6) is 1.81. The smallest absolute Gasteiger partial charge is 0.251 e. The van der Waals surface area contributed by atoms with Crippen LogP contribution in [0.4, 0.5) is 0 Å². The zero-order valence-electron chi connectivity index (χ0n) is 16.0. The average molecular weight is 462 g/mol. The Morgan fingerprint density at radius 3 is 2.63 bits per heavy atom. The van der Waals surface area contributed by atoms with E-state index in [4.69, 9.17) is 10.5 Å². The number of benzene rings is 1. The number of nitrogens with one attached hydrogen (secondary N) is 1. The van der Waals surface area contributed by atoms with Gasteiger partial charge < -0.3 is 5.32 Å². The Bertz CT molecular complexity index is 1200. The van der Waals surface area contributed by atoms with E-state index in [0.29, 0.717) is 38.7 Å². The number of carbonyl (C=O) groups is 1. The van der Waals surface area contributed by atoms with Gasteiger partial charge in [-0.05, 0) is 50.1 Å². The molecule has 2 aromatic heterocycles. The van der Waals surface area contributed by atoms with E-state index in [1.54, 1.807) is 28.9 Å². The van der Waals surface area contributed by atoms with Crippen LogP contribution in [0.3, 0.4) is 0 Å². The van der Waals surface area contributed by atoms with Crippen molar-refractivity contribution in [1.29, 1.82) is 10.5 Å². The highest BCUT2D eigenvalue weighted by Crippen LogP contribution is 2.38. The van der Waals surface area contributed by atoms with Crippen LogP contribution in [0.15, 0.2) is 41.0 Å². The first-order valence-corrected chi connectivity index (χ1v) is 10.1. The Kier molecular flexibility index (Phi) is 5.30. The van der Waals surface area contributed by atoms with Crippen molar-refractivity contribution in [3.63, 3.8) is 0 Å². The first-order chi connectivity index (χ1) is 14.5. The van der Waals surface area contributed by atoms with Gasteiger partial charge in [0, 0.05) is 22.2 Å². The molecule has 1 N–H and O–H groups in total. The predicted molar refractivity (Wildman–Crippen MR) is 111 cm³/mol. The molecule has 1 aliphatic rings. The molecule has 30 heavy (non-hydrogen) atoms. The Morgan fingerprint density at radius 1 is 1.23 bits per heavy atom. The summed E-state index contributed by atoms with van der Waals surface area (Å²) < 4.78 is 2.27. The van der Waals surface area contributed by atoms with E-state index >= 15 is 0 Å². The van der Waals surface area contributed by atoms with Gasteiger partial charge in [0.15, 0.2) is 17.5 Å². The van der Waals surface area contributed by atoms with Crippen molar-refractivity contribution in [3.8, 4) is 18.0 Å². The number of halogens is 1. The van der Waals surface area contributed by atoms with Crippen LogP contribution in [0, 0.1) is 22.7 Å². The summed E-state index contributed by atoms with van der Waals surface area (Å²) in [4.78, 5) is 21.8. The van der Waals surface area contributed by atoms with Crippen molar-refractivity contribution >= 4 is 21.8 Å². The predicted octanol–water partition coefficient (Wildman–Crippen LogP) is 3.54. The Morgan fingerprint density at radius 2 is 2.00 bits per heavy atom. The van der Waals surface area contributed by atoms with Crippen LogP contribution in [0.25, 0.3) is 5.82 Å². The summed E-state index contributed by atoms with van der Waals surface area (Å²) in [7, 11) is 0. The molecule has 2 heterocycles. The third-order valence-electron chi connectivity index (χ3n) is 4.71. The van der Waals surface area contributed by atoms with E-state index < -0.39 is 6.04 Å². The van der Waals surface area contributed by atoms with Crippen LogP contribution >= 0.6 is 15.9 Å². The zero-order chi connectivity index (χ0) is 21.3. The van der Waals surface area contributed by atoms with Gasteiger partial charge in [-0.2, -0.15) is 15.2 Å². The molecule has 8 nitrogen and oxygen atoms in total. The molecule has 1 aliphatic carbocycles. The van der Waals surface area contributed by atoms with Gasteiger partial charge >= 0.3 is 0 Å². The highest BCUT2D eigenvalue weighted by molar-refractivity contribution is 9.10. The van der Waals surface area contributed by atoms with Crippen LogP contribution in [0.1, 0.15) is 64.9 Å². The summed E-state index contributed by atoms with van der Waals surface area (Å²) in [5, 5.41) is 25.7. The molecule has 0 unspecified atom stereocenters. The molecule has 0 radical (unpaired) electrons. The standard InChI is InChI=1S/C21H16BrN7O/c1-12(26-21(30)16-6-14(10-24)7-17(22)8-16)20-27-19(15-3-4-15)28-29(20)18-5-2-13(9-23)11-25-18/h2,5-8,11-12,15H,3-4H2,1H3,(H,26,30)/t12-/m0/s1. The van der Waals surface area contributed by atoms with E-state index in [1.165, 1.54) is 12.3 Å². The fourth-order valence-electron chi connectivity index (χ4n) is 3.01. The van der Waals surface area contributed by atoms with Crippen LogP contribution in [-0.4, -0.2) is 25.7 Å². The molecule has 148 valence electrons. The molecule has 0 bridgehead atoms. The van der Waals surface area contributed by atoms with Gasteiger partial charge in [0.2, 0.25) is 0 Å². The monoisotopic (exact) mass is 461 g/mol. The third kappa shape index (κ3) is 4.07. The fraction of sp³-hybridized carbons (Fsp3) is 0.238. The van der Waals surface area contributed by atoms with Crippen LogP contribution in [0.5, 0.6) is 0 Å². The molecule has 0 spiro atoms. The average Bonchev–Trinajstić information content (AvgIpc) is 3.51. The molecule has 4 rings (SSSR count). The molecule has 1 amide bonds. The normalized spacial score (nSPS) is 13.9. The second kappa shape index (κ2) is 8.05. The Balaban J connectivity index is 1.64. The summed E-state index contributed by atoms with van der Waals surface area (Å²) in [6, 6.07) is 11.8. The molecule has 9 heteroatoms. The quantitative estimate of drug-likeness (QED) is 0.619. The van der Waals surface area contributed by atoms with E-state index in [-0.39, 0.29) is 5.91 Å². The third-order valence-corrected chi connectivity index (χ3v) is 5.17. The maximum atomic E-state index is 12.8. The highest BCUT2D eigenvalue weighted by Gasteiger charge is 2.31. The lowest BCUT2D eigenvalue weighted by Crippen LogP contribution is -2.29. The topological polar surface area (TPSA) is 120 Å². The van der Waals surface area contributed by atoms with Crippen molar-refractivity contribution in [2.45, 2.75) is 31.7 Å². The zero-order valence-corrected chi connectivity index (χ0v) is 17.6. The maximum absolute atomic E-state index is 12.8. The Hall–Kier alpha value is -3.56. The number of pyridine rings is 1. The van der Waals surface area contributed by atoms with E-state index in [2.05, 4.69) is 36.3 Å². The number of nitrogens with zero attached hydrogens (tertiary/aromatic N) is 6. The second-order valence-corrected chi connectivity index (χ2v) is 7.98. The number of amides is 1. The number of hydrogen-bond donors (Lipinski definition) is 1. The molecule has 1 fully saturated rings. The van der Waals surface area contributed by atoms with Crippen molar-refractivity contribution in [2.75, 3.05) is 0 Å². The van der Waals surface area contributed by atoms with Crippen molar-refractivity contribution in [2.24, 2.45) is 0 Å². The summed E-state index contributed by atoms with van der Waals surface area (Å²) >= 11 is 3.32. The SMILES string of the molecule is C[C@H](NC(=O)c1cc(Br)cc(C#N)c1)c1nc(C2CC2)nn1-c1ccc(C#N)cn1. The molecule has 1 aromatic carbocycles. The van der Waals surface area contributed by atoms with Gasteiger partial charge in [0.05, 0.1) is 23.2 Å². The number of hydrogen-bond acceptors (Lipinski definition) is 6. The second-order valence-electron chi connectivity index (χ2n) is 7.07. The summed E-state index contributed by atoms with van der Waals surface area (Å²) in [5.41, 5.74) is 1.22. The number of nitriles is 2. The minimum absolute atomic E-state index is 0.324. The van der Waals surface area contributed by atoms with E-state index in [0.717, 1.165) is 18.7 Å². The lowest BCUT2D eigenvalue weighted by molar-refractivity contribution is 0.0937. The number of aromatic nitrogens is 4. The van der Waals surface area contributed by atoms with Crippen LogP contribution < -0.4 is 5.32 Å². The van der Waals surface area contributed by atoms with E-state index in [1.807, 2.05) is 19.1 Å². The van der Waals surface area contributed by atoms with Gasteiger partial charge in [0.1, 0.15) is 6.07 Å². The van der Waals surface area contributed by atoms with Gasteiger partial charge in [0.25, 0.3) is 5.91 Å². The molecular formula is C21H16BrN7O. The van der Waals surface area contributed by atoms with Crippen LogP contribution in [0.2, 0.25) is 0 Å². The van der Waals surface area contributed by atoms with Gasteiger partial charge in [-0.25, -0.2) is 9.97 Å². The van der Waals surface area contributed by atoms with Crippen molar-refractivity contribution in [3.05, 3.63) is 69.3 Å². The molecule has 1 atom stereocenters. The van der Waals surface area contributed by atoms with E-state index in [9.17, 15) is 4.79 Å². The van der Waals surface area contributed by atoms with Gasteiger partial charge in [-0.3, -0.25) is 4.79 Å². The largest absolute Gasteiger partial charge is 0.342 e. The number of carbonyl (C=O) groups excluding carboxylic acids is 1. The minimum atomic E-state index is -0.459. The molecule has 1 saturated carbocycles. The van der Waals surface area contributed by atoms with Crippen LogP contribution in [-0.2, 0) is 0 Å². The fourth-order valence-corrected chi connectivity index (χ4v) is 3.50. The lowest BCUT2D eigenvalue weighted by Gasteiger charge is -2.14. The molecule has 3 aromatic rings. The maximum Gasteiger partial charge on any atom is 0.251 e. The first kappa shape index (κ1) is 19.7. The molecule has 0 aliphatic heterocycles. The Labute approximate surface area is 181 Å². The van der Waals surface area contributed by atoms with Crippen molar-refractivity contribution in [1.82, 2.24) is 25.1 Å². The number of rotatable bonds is 5. The van der Waals surface area contributed by atoms with Crippen molar-refractivity contribution < 1.29 is 4.79 Å². The molecule has 0 saturated heterocycles. The molecular weight excluding hydrogens is 446 g/mol. The van der Waals surface area contributed by atoms with Gasteiger partial charge in [-0.15, -0.1) is 5.10 Å².